The van der Waals surface area contributed by atoms with Gasteiger partial charge in [-0.3, -0.25) is 4.79 Å². The van der Waals surface area contributed by atoms with Crippen molar-refractivity contribution in [3.63, 3.8) is 0 Å². The van der Waals surface area contributed by atoms with Crippen molar-refractivity contribution in [3.8, 4) is 0 Å². The van der Waals surface area contributed by atoms with E-state index in [9.17, 15) is 4.79 Å². The number of carbonyl (C=O) groups is 1. The average Bonchev–Trinajstić information content (AvgIpc) is 2.51. The predicted molar refractivity (Wildman–Crippen MR) is 91.1 cm³/mol. The van der Waals surface area contributed by atoms with Crippen molar-refractivity contribution in [2.45, 2.75) is 13.8 Å². The number of nitrogens with zero attached hydrogens (tertiary/aromatic N) is 1. The van der Waals surface area contributed by atoms with E-state index >= 15 is 0 Å². The van der Waals surface area contributed by atoms with E-state index in [1.165, 1.54) is 6.21 Å². The van der Waals surface area contributed by atoms with Crippen LogP contribution in [-0.2, 0) is 4.79 Å². The summed E-state index contributed by atoms with van der Waals surface area (Å²) in [5, 5.41) is 13.4. The predicted octanol–water partition coefficient (Wildman–Crippen LogP) is 0.760. The molecule has 120 valence electrons. The first-order chi connectivity index (χ1) is 10.9. The van der Waals surface area contributed by atoms with E-state index in [0.29, 0.717) is 22.9 Å². The fraction of sp³-hybridized carbons (Fsp3) is 0.188. The number of nitrogens with two attached hydrogens (primary N) is 2. The Kier molecular flexibility index (Phi) is 4.80. The van der Waals surface area contributed by atoms with Crippen LogP contribution >= 0.6 is 0 Å². The largest absolute Gasteiger partial charge is 0.384 e. The third-order valence-corrected chi connectivity index (χ3v) is 3.33. The molecule has 7 nitrogen and oxygen atoms in total. The molecule has 0 aromatic carbocycles. The van der Waals surface area contributed by atoms with E-state index in [1.807, 2.05) is 19.9 Å². The molecule has 7 heteroatoms. The molecule has 0 aromatic rings. The van der Waals surface area contributed by atoms with Crippen LogP contribution in [0.4, 0.5) is 0 Å². The summed E-state index contributed by atoms with van der Waals surface area (Å²) in [5.41, 5.74) is 13.8. The second kappa shape index (κ2) is 6.78. The molecule has 0 spiro atoms. The average molecular weight is 312 g/mol. The molecule has 2 aliphatic rings. The first kappa shape index (κ1) is 16.3. The fourth-order valence-corrected chi connectivity index (χ4v) is 2.02. The number of amides is 1. The molecular formula is C16H20N6O. The molecule has 0 unspecified atom stereocenters. The van der Waals surface area contributed by atoms with Crippen LogP contribution in [0.15, 0.2) is 63.9 Å². The number of dihydropyridines is 2. The third-order valence-electron chi connectivity index (χ3n) is 3.33. The Morgan fingerprint density at radius 1 is 1.30 bits per heavy atom. The van der Waals surface area contributed by atoms with Crippen LogP contribution < -0.4 is 22.1 Å². The topological polar surface area (TPSA) is 129 Å². The first-order valence-corrected chi connectivity index (χ1v) is 7.14. The van der Waals surface area contributed by atoms with E-state index in [2.05, 4.69) is 15.6 Å². The van der Waals surface area contributed by atoms with Gasteiger partial charge in [0.1, 0.15) is 11.7 Å². The highest BCUT2D eigenvalue weighted by Crippen LogP contribution is 2.19. The zero-order valence-electron chi connectivity index (χ0n) is 13.1. The van der Waals surface area contributed by atoms with Gasteiger partial charge < -0.3 is 27.5 Å². The van der Waals surface area contributed by atoms with E-state index in [0.717, 1.165) is 11.3 Å². The van der Waals surface area contributed by atoms with Crippen LogP contribution in [0.3, 0.4) is 0 Å². The summed E-state index contributed by atoms with van der Waals surface area (Å²) in [5.74, 6) is 0.507. The number of rotatable bonds is 5. The second-order valence-electron chi connectivity index (χ2n) is 5.40. The Balaban J connectivity index is 2.21. The van der Waals surface area contributed by atoms with Crippen molar-refractivity contribution in [3.05, 3.63) is 58.9 Å². The summed E-state index contributed by atoms with van der Waals surface area (Å²) in [4.78, 5) is 15.5. The summed E-state index contributed by atoms with van der Waals surface area (Å²) < 4.78 is 0. The molecular weight excluding hydrogens is 292 g/mol. The van der Waals surface area contributed by atoms with Crippen molar-refractivity contribution in [2.24, 2.45) is 22.4 Å². The molecule has 23 heavy (non-hydrogen) atoms. The molecule has 2 rings (SSSR count). The van der Waals surface area contributed by atoms with Crippen LogP contribution in [0, 0.1) is 11.3 Å². The highest BCUT2D eigenvalue weighted by Gasteiger charge is 2.17. The van der Waals surface area contributed by atoms with Crippen LogP contribution in [0.2, 0.25) is 0 Å². The van der Waals surface area contributed by atoms with Gasteiger partial charge in [-0.05, 0) is 35.8 Å². The standard InChI is InChI=1S/C16H20N6O/c1-9(2)10(7-17)6-14(18)22-15-4-3-12-13(21-15)5-11(8-20-12)16(19)23/h3-9,17,20-21H,1-2H3,(H2,18,22)(H2,19,23). The number of allylic oxidation sites excluding steroid dienone is 3. The van der Waals surface area contributed by atoms with Gasteiger partial charge in [0.05, 0.1) is 17.0 Å². The smallest absolute Gasteiger partial charge is 0.250 e. The van der Waals surface area contributed by atoms with Crippen molar-refractivity contribution in [1.82, 2.24) is 10.6 Å². The summed E-state index contributed by atoms with van der Waals surface area (Å²) in [7, 11) is 0. The lowest BCUT2D eigenvalue weighted by Gasteiger charge is -2.22. The Labute approximate surface area is 134 Å². The molecule has 0 aromatic heterocycles. The number of primary amides is 1. The molecule has 0 atom stereocenters. The summed E-state index contributed by atoms with van der Waals surface area (Å²) in [6, 6.07) is 0. The zero-order chi connectivity index (χ0) is 17.0. The van der Waals surface area contributed by atoms with Crippen molar-refractivity contribution < 1.29 is 4.79 Å². The highest BCUT2D eigenvalue weighted by molar-refractivity contribution is 5.97. The van der Waals surface area contributed by atoms with Crippen LogP contribution in [0.5, 0.6) is 0 Å². The fourth-order valence-electron chi connectivity index (χ4n) is 2.02. The van der Waals surface area contributed by atoms with Gasteiger partial charge in [-0.1, -0.05) is 13.8 Å². The number of fused-ring (bicyclic) bond motifs is 1. The van der Waals surface area contributed by atoms with Crippen molar-refractivity contribution in [1.29, 1.82) is 5.41 Å². The van der Waals surface area contributed by atoms with E-state index in [1.54, 1.807) is 24.4 Å². The van der Waals surface area contributed by atoms with Gasteiger partial charge in [0.15, 0.2) is 0 Å². The monoisotopic (exact) mass is 312 g/mol. The quantitative estimate of drug-likeness (QED) is 0.379. The summed E-state index contributed by atoms with van der Waals surface area (Å²) in [6.45, 7) is 3.96. The van der Waals surface area contributed by atoms with Gasteiger partial charge in [0.25, 0.3) is 0 Å². The molecule has 7 N–H and O–H groups in total. The van der Waals surface area contributed by atoms with Gasteiger partial charge in [-0.2, -0.15) is 0 Å². The number of hydrogen-bond acceptors (Lipinski definition) is 5. The number of hydrogen-bond donors (Lipinski definition) is 5. The molecule has 0 radical (unpaired) electrons. The van der Waals surface area contributed by atoms with Gasteiger partial charge in [0.2, 0.25) is 5.91 Å². The maximum atomic E-state index is 11.2. The number of aliphatic imine (C=N–C) groups is 1. The third kappa shape index (κ3) is 3.97. The number of nitrogens with one attached hydrogen (secondary N) is 3. The lowest BCUT2D eigenvalue weighted by Crippen LogP contribution is -2.28. The maximum absolute atomic E-state index is 11.2. The SMILES string of the molecule is CC(C)C(C=N)=CC(N)=NC1=CC=C2NC=C(C(N)=O)C=C2N1. The first-order valence-electron chi connectivity index (χ1n) is 7.14. The summed E-state index contributed by atoms with van der Waals surface area (Å²) in [6.07, 6.45) is 9.73. The highest BCUT2D eigenvalue weighted by atomic mass is 16.1. The molecule has 0 bridgehead atoms. The Hall–Kier alpha value is -3.09. The minimum Gasteiger partial charge on any atom is -0.384 e. The maximum Gasteiger partial charge on any atom is 0.250 e. The van der Waals surface area contributed by atoms with E-state index in [4.69, 9.17) is 16.9 Å². The Bertz CT molecular complexity index is 719. The van der Waals surface area contributed by atoms with Gasteiger partial charge in [-0.15, -0.1) is 0 Å². The molecule has 1 amide bonds. The van der Waals surface area contributed by atoms with Gasteiger partial charge >= 0.3 is 0 Å². The minimum atomic E-state index is -0.513. The lowest BCUT2D eigenvalue weighted by atomic mass is 10.0. The second-order valence-corrected chi connectivity index (χ2v) is 5.40. The number of amidine groups is 1. The molecule has 2 aliphatic heterocycles. The van der Waals surface area contributed by atoms with E-state index in [-0.39, 0.29) is 5.92 Å². The molecule has 2 heterocycles. The van der Waals surface area contributed by atoms with E-state index < -0.39 is 5.91 Å². The molecule has 0 aliphatic carbocycles. The van der Waals surface area contributed by atoms with Crippen molar-refractivity contribution >= 4 is 18.0 Å². The minimum absolute atomic E-state index is 0.189. The summed E-state index contributed by atoms with van der Waals surface area (Å²) >= 11 is 0. The Morgan fingerprint density at radius 2 is 2.04 bits per heavy atom. The number of carbonyl (C=O) groups excluding carboxylic acids is 1. The van der Waals surface area contributed by atoms with Crippen LogP contribution in [0.1, 0.15) is 13.8 Å². The zero-order valence-corrected chi connectivity index (χ0v) is 13.1. The van der Waals surface area contributed by atoms with Crippen LogP contribution in [-0.4, -0.2) is 18.0 Å². The molecule has 0 saturated heterocycles. The van der Waals surface area contributed by atoms with Crippen LogP contribution in [0.25, 0.3) is 0 Å². The van der Waals surface area contributed by atoms with Gasteiger partial charge in [-0.25, -0.2) is 4.99 Å². The molecule has 0 saturated carbocycles. The normalized spacial score (nSPS) is 17.9. The Morgan fingerprint density at radius 3 is 2.65 bits per heavy atom. The van der Waals surface area contributed by atoms with Crippen molar-refractivity contribution in [2.75, 3.05) is 0 Å². The molecule has 0 fully saturated rings. The van der Waals surface area contributed by atoms with Gasteiger partial charge in [0, 0.05) is 12.4 Å². The lowest BCUT2D eigenvalue weighted by molar-refractivity contribution is -0.114.